The maximum atomic E-state index is 8.70. The monoisotopic (exact) mass is 290 g/mol. The van der Waals surface area contributed by atoms with Crippen LogP contribution in [-0.4, -0.2) is 46.7 Å². The molecule has 12 heteroatoms. The Kier molecular flexibility index (Phi) is 426. The fraction of sp³-hybridized carbons (Fsp3) is 0.667. The quantitative estimate of drug-likeness (QED) is 0.296. The molecule has 12 nitrogen and oxygen atoms in total. The second-order valence-electron chi connectivity index (χ2n) is 0.693. The van der Waals surface area contributed by atoms with E-state index in [9.17, 15) is 0 Å². The van der Waals surface area contributed by atoms with E-state index >= 15 is 0 Å². The zero-order valence-electron chi connectivity index (χ0n) is 7.33. The molecule has 0 saturated heterocycles. The third-order valence-corrected chi connectivity index (χ3v) is 0.118. The van der Waals surface area contributed by atoms with E-state index in [0.717, 1.165) is 0 Å². The van der Waals surface area contributed by atoms with Crippen molar-refractivity contribution in [2.24, 2.45) is 0 Å². The minimum atomic E-state index is -2.33. The molecule has 0 aliphatic heterocycles. The van der Waals surface area contributed by atoms with Crippen molar-refractivity contribution >= 4 is 12.6 Å². The van der Waals surface area contributed by atoms with Gasteiger partial charge in [0.05, 0.1) is 7.11 Å². The summed E-state index contributed by atoms with van der Waals surface area (Å²) < 4.78 is 0. The van der Waals surface area contributed by atoms with Crippen molar-refractivity contribution in [1.82, 2.24) is 0 Å². The van der Waals surface area contributed by atoms with Gasteiger partial charge in [-0.05, 0) is 6.16 Å². The van der Waals surface area contributed by atoms with Gasteiger partial charge in [0.2, 0.25) is 0 Å². The molecule has 124 valence electrons. The lowest BCUT2D eigenvalue weighted by atomic mass is 11.5. The summed E-state index contributed by atoms with van der Waals surface area (Å²) in [4.78, 5) is 23.5. The molecule has 0 aromatic heterocycles. The van der Waals surface area contributed by atoms with Gasteiger partial charge in [-0.15, -0.1) is 0 Å². The summed E-state index contributed by atoms with van der Waals surface area (Å²) in [6, 6.07) is 0. The van der Waals surface area contributed by atoms with Crippen LogP contribution in [0.5, 0.6) is 0 Å². The Hall–Kier alpha value is -1.54. The number of carbonyl (C=O) groups excluding carboxylic acids is 2. The summed E-state index contributed by atoms with van der Waals surface area (Å²) in [5.74, 6) is 0. The molecule has 18 heavy (non-hydrogen) atoms. The summed E-state index contributed by atoms with van der Waals surface area (Å²) in [5, 5.41) is 33.9. The minimum absolute atomic E-state index is 0. The van der Waals surface area contributed by atoms with Crippen molar-refractivity contribution in [3.63, 3.8) is 0 Å². The zero-order chi connectivity index (χ0) is 10.4. The SMILES string of the molecule is C.C.C.COOO.O.O.O.O=C([O-])[O-].O=COO.[HH]. The molecule has 0 spiro atoms. The van der Waals surface area contributed by atoms with Gasteiger partial charge >= 0.3 is 6.47 Å². The van der Waals surface area contributed by atoms with Gasteiger partial charge < -0.3 is 36.3 Å². The largest absolute Gasteiger partial charge is 0.652 e. The van der Waals surface area contributed by atoms with Crippen LogP contribution in [-0.2, 0) is 19.6 Å². The predicted molar refractivity (Wildman–Crippen MR) is 59.0 cm³/mol. The van der Waals surface area contributed by atoms with Crippen LogP contribution in [0.25, 0.3) is 0 Å². The highest BCUT2D eigenvalue weighted by molar-refractivity contribution is 5.47. The maximum Gasteiger partial charge on any atom is 0.330 e. The minimum Gasteiger partial charge on any atom is -0.652 e. The fourth-order valence-electron chi connectivity index (χ4n) is 0. The number of carbonyl (C=O) groups is 2. The van der Waals surface area contributed by atoms with Crippen LogP contribution in [0.4, 0.5) is 4.79 Å². The van der Waals surface area contributed by atoms with Gasteiger partial charge in [-0.25, -0.2) is 15.4 Å². The molecule has 0 aliphatic rings. The van der Waals surface area contributed by atoms with Crippen LogP contribution < -0.4 is 10.2 Å². The van der Waals surface area contributed by atoms with E-state index < -0.39 is 6.16 Å². The molecule has 0 atom stereocenters. The fourth-order valence-corrected chi connectivity index (χ4v) is 0. The molecule has 8 N–H and O–H groups in total. The van der Waals surface area contributed by atoms with Crippen molar-refractivity contribution in [3.05, 3.63) is 0 Å². The molecule has 0 unspecified atom stereocenters. The van der Waals surface area contributed by atoms with E-state index in [1.54, 1.807) is 0 Å². The summed E-state index contributed by atoms with van der Waals surface area (Å²) in [5.41, 5.74) is 0. The molecule has 0 bridgehead atoms. The van der Waals surface area contributed by atoms with Crippen LogP contribution in [0.3, 0.4) is 0 Å². The van der Waals surface area contributed by atoms with E-state index in [4.69, 9.17) is 30.3 Å². The number of carboxylic acid groups (broad SMARTS) is 2. The standard InChI is InChI=1S/CH4O3.2CH2O3.3CH4.3H2O.H2/c1-3-4-2;2-1-4-3;2-1(3)4;;;;;;;/h2H,1H3;1,3H;(H2,2,3,4);3*1H4;3*1H2;1H/p-2. The van der Waals surface area contributed by atoms with E-state index in [0.29, 0.717) is 0 Å². The lowest BCUT2D eigenvalue weighted by Crippen LogP contribution is -2.37. The molecule has 0 aromatic rings. The molecule has 0 aromatic carbocycles. The van der Waals surface area contributed by atoms with Crippen molar-refractivity contribution in [1.29, 1.82) is 0 Å². The molecular formula is C6H26O12-2. The van der Waals surface area contributed by atoms with Crippen LogP contribution in [0, 0.1) is 0 Å². The third-order valence-electron chi connectivity index (χ3n) is 0.118. The Bertz CT molecular complexity index is 96.2. The number of hydrogen-bond acceptors (Lipinski definition) is 9. The highest BCUT2D eigenvalue weighted by atomic mass is 17.5. The Labute approximate surface area is 106 Å². The van der Waals surface area contributed by atoms with E-state index in [-0.39, 0.29) is 46.6 Å². The summed E-state index contributed by atoms with van der Waals surface area (Å²) in [6.07, 6.45) is -2.33. The van der Waals surface area contributed by atoms with Gasteiger partial charge in [0, 0.05) is 1.43 Å². The van der Waals surface area contributed by atoms with Gasteiger partial charge in [-0.3, -0.25) is 4.79 Å². The first-order chi connectivity index (χ1) is 5.56. The Morgan fingerprint density at radius 3 is 1.22 bits per heavy atom. The number of rotatable bonds is 2. The third kappa shape index (κ3) is 12400. The molecule has 0 aliphatic carbocycles. The highest BCUT2D eigenvalue weighted by Gasteiger charge is 1.50. The van der Waals surface area contributed by atoms with Gasteiger partial charge in [0.25, 0.3) is 0 Å². The summed E-state index contributed by atoms with van der Waals surface area (Å²) in [6.45, 7) is -0.0694. The van der Waals surface area contributed by atoms with Crippen LogP contribution >= 0.6 is 0 Å². The summed E-state index contributed by atoms with van der Waals surface area (Å²) >= 11 is 0. The van der Waals surface area contributed by atoms with Gasteiger partial charge in [-0.2, -0.15) is 0 Å². The molecule has 0 fully saturated rings. The van der Waals surface area contributed by atoms with Crippen molar-refractivity contribution < 1.29 is 63.0 Å². The smallest absolute Gasteiger partial charge is 0.330 e. The maximum absolute atomic E-state index is 8.70. The summed E-state index contributed by atoms with van der Waals surface area (Å²) in [7, 11) is 1.21. The van der Waals surface area contributed by atoms with Crippen LogP contribution in [0.1, 0.15) is 23.7 Å². The molecule has 0 amide bonds. The van der Waals surface area contributed by atoms with Crippen molar-refractivity contribution in [2.45, 2.75) is 22.3 Å². The molecule has 0 heterocycles. The lowest BCUT2D eigenvalue weighted by molar-refractivity contribution is -0.479. The number of hydrogen-bond donors (Lipinski definition) is 2. The Morgan fingerprint density at radius 1 is 1.11 bits per heavy atom. The Morgan fingerprint density at radius 2 is 1.22 bits per heavy atom. The van der Waals surface area contributed by atoms with E-state index in [1.165, 1.54) is 7.11 Å². The van der Waals surface area contributed by atoms with E-state index in [1.807, 2.05) is 0 Å². The normalized spacial score (nSPS) is 4.17. The lowest BCUT2D eigenvalue weighted by Gasteiger charge is -1.96. The topological polar surface area (TPSA) is 243 Å². The second-order valence-corrected chi connectivity index (χ2v) is 0.693. The average molecular weight is 290 g/mol. The first-order valence-corrected chi connectivity index (χ1v) is 2.02. The van der Waals surface area contributed by atoms with Crippen molar-refractivity contribution in [2.75, 3.05) is 7.11 Å². The van der Waals surface area contributed by atoms with Gasteiger partial charge in [-0.1, -0.05) is 27.3 Å². The van der Waals surface area contributed by atoms with Crippen molar-refractivity contribution in [3.8, 4) is 0 Å². The zero-order valence-corrected chi connectivity index (χ0v) is 7.33. The first kappa shape index (κ1) is 70.7. The molecular weight excluding hydrogens is 264 g/mol. The second kappa shape index (κ2) is 108. The average Bonchev–Trinajstić information content (AvgIpc) is 2.03. The predicted octanol–water partition coefficient (Wildman–Crippen LogP) is -3.10. The molecule has 0 saturated carbocycles. The van der Waals surface area contributed by atoms with Gasteiger partial charge in [0.1, 0.15) is 0 Å². The molecule has 0 radical (unpaired) electrons. The van der Waals surface area contributed by atoms with Gasteiger partial charge in [0.15, 0.2) is 0 Å². The highest BCUT2D eigenvalue weighted by Crippen LogP contribution is 1.50. The molecule has 0 rings (SSSR count). The van der Waals surface area contributed by atoms with Crippen LogP contribution in [0.2, 0.25) is 0 Å². The first-order valence-electron chi connectivity index (χ1n) is 2.02. The van der Waals surface area contributed by atoms with Crippen LogP contribution in [0.15, 0.2) is 0 Å². The van der Waals surface area contributed by atoms with E-state index in [2.05, 4.69) is 14.8 Å². The Balaban J connectivity index is -0.00000000675.